The van der Waals surface area contributed by atoms with Crippen LogP contribution in [-0.4, -0.2) is 28.9 Å². The summed E-state index contributed by atoms with van der Waals surface area (Å²) in [5, 5.41) is 0.473. The van der Waals surface area contributed by atoms with Crippen molar-refractivity contribution in [3.8, 4) is 0 Å². The molecular formula is C9H14ClN3OS. The molecule has 0 bridgehead atoms. The number of amides is 1. The number of hydrogen-bond donors (Lipinski definition) is 1. The van der Waals surface area contributed by atoms with E-state index in [-0.39, 0.29) is 5.91 Å². The molecule has 0 aromatic carbocycles. The molecule has 84 valence electrons. The van der Waals surface area contributed by atoms with Gasteiger partial charge in [0.15, 0.2) is 5.13 Å². The van der Waals surface area contributed by atoms with E-state index in [9.17, 15) is 4.79 Å². The summed E-state index contributed by atoms with van der Waals surface area (Å²) in [4.78, 5) is 17.0. The Labute approximate surface area is 98.0 Å². The average Bonchev–Trinajstić information content (AvgIpc) is 2.45. The number of anilines is 1. The molecule has 0 saturated heterocycles. The van der Waals surface area contributed by atoms with Crippen molar-refractivity contribution in [3.63, 3.8) is 0 Å². The van der Waals surface area contributed by atoms with Gasteiger partial charge in [-0.15, -0.1) is 0 Å². The van der Waals surface area contributed by atoms with Crippen molar-refractivity contribution in [1.82, 2.24) is 9.88 Å². The van der Waals surface area contributed by atoms with Gasteiger partial charge in [-0.2, -0.15) is 0 Å². The van der Waals surface area contributed by atoms with Crippen LogP contribution in [0.15, 0.2) is 0 Å². The van der Waals surface area contributed by atoms with Crippen LogP contribution in [0.2, 0.25) is 4.34 Å². The van der Waals surface area contributed by atoms with Gasteiger partial charge in [0.05, 0.1) is 5.69 Å². The molecule has 1 heterocycles. The lowest BCUT2D eigenvalue weighted by molar-refractivity contribution is -0.128. The lowest BCUT2D eigenvalue weighted by atomic mass is 10.3. The Bertz CT molecular complexity index is 353. The van der Waals surface area contributed by atoms with Crippen LogP contribution >= 0.6 is 22.9 Å². The highest BCUT2D eigenvalue weighted by Gasteiger charge is 2.10. The molecule has 0 fully saturated rings. The first kappa shape index (κ1) is 12.3. The van der Waals surface area contributed by atoms with Gasteiger partial charge >= 0.3 is 0 Å². The van der Waals surface area contributed by atoms with Crippen LogP contribution < -0.4 is 5.73 Å². The predicted molar refractivity (Wildman–Crippen MR) is 63.2 cm³/mol. The molecule has 2 N–H and O–H groups in total. The summed E-state index contributed by atoms with van der Waals surface area (Å²) in [6.07, 6.45) is 0.653. The number of nitrogen functional groups attached to an aromatic ring is 1. The van der Waals surface area contributed by atoms with Gasteiger partial charge in [-0.1, -0.05) is 22.9 Å². The summed E-state index contributed by atoms with van der Waals surface area (Å²) in [5.74, 6) is 0.0665. The van der Waals surface area contributed by atoms with Crippen LogP contribution in [0.1, 0.15) is 19.5 Å². The molecule has 4 nitrogen and oxygen atoms in total. The van der Waals surface area contributed by atoms with Crippen LogP contribution in [0.3, 0.4) is 0 Å². The summed E-state index contributed by atoms with van der Waals surface area (Å²) in [7, 11) is 0. The third kappa shape index (κ3) is 3.35. The zero-order valence-corrected chi connectivity index (χ0v) is 10.4. The minimum Gasteiger partial charge on any atom is -0.375 e. The smallest absolute Gasteiger partial charge is 0.219 e. The highest BCUT2D eigenvalue weighted by Crippen LogP contribution is 2.26. The molecule has 0 radical (unpaired) electrons. The predicted octanol–water partition coefficient (Wildman–Crippen LogP) is 1.79. The van der Waals surface area contributed by atoms with Crippen molar-refractivity contribution in [3.05, 3.63) is 10.0 Å². The Morgan fingerprint density at radius 2 is 2.33 bits per heavy atom. The molecule has 0 atom stereocenters. The topological polar surface area (TPSA) is 59.2 Å². The third-order valence-electron chi connectivity index (χ3n) is 2.11. The zero-order chi connectivity index (χ0) is 11.4. The standard InChI is InChI=1S/C9H14ClN3OS/c1-3-13(6(2)14)5-4-7-8(10)15-9(11)12-7/h3-5H2,1-2H3,(H2,11,12). The maximum Gasteiger partial charge on any atom is 0.219 e. The van der Waals surface area contributed by atoms with Crippen molar-refractivity contribution < 1.29 is 4.79 Å². The van der Waals surface area contributed by atoms with E-state index < -0.39 is 0 Å². The second-order valence-electron chi connectivity index (χ2n) is 3.12. The van der Waals surface area contributed by atoms with Crippen molar-refractivity contribution in [2.24, 2.45) is 0 Å². The molecule has 1 rings (SSSR count). The fourth-order valence-electron chi connectivity index (χ4n) is 1.28. The van der Waals surface area contributed by atoms with E-state index in [1.54, 1.807) is 11.8 Å². The monoisotopic (exact) mass is 247 g/mol. The third-order valence-corrected chi connectivity index (χ3v) is 3.28. The lowest BCUT2D eigenvalue weighted by Crippen LogP contribution is -2.30. The molecule has 0 aliphatic rings. The van der Waals surface area contributed by atoms with Crippen molar-refractivity contribution in [2.45, 2.75) is 20.3 Å². The lowest BCUT2D eigenvalue weighted by Gasteiger charge is -2.17. The van der Waals surface area contributed by atoms with Crippen molar-refractivity contribution in [1.29, 1.82) is 0 Å². The minimum absolute atomic E-state index is 0.0665. The SMILES string of the molecule is CCN(CCc1nc(N)sc1Cl)C(C)=O. The molecule has 1 aromatic heterocycles. The van der Waals surface area contributed by atoms with Gasteiger partial charge in [0.1, 0.15) is 4.34 Å². The summed E-state index contributed by atoms with van der Waals surface area (Å²) >= 11 is 7.19. The number of nitrogens with zero attached hydrogens (tertiary/aromatic N) is 2. The maximum absolute atomic E-state index is 11.1. The van der Waals surface area contributed by atoms with Gasteiger partial charge in [0.2, 0.25) is 5.91 Å². The van der Waals surface area contributed by atoms with E-state index in [0.717, 1.165) is 5.69 Å². The zero-order valence-electron chi connectivity index (χ0n) is 8.79. The number of carbonyl (C=O) groups is 1. The van der Waals surface area contributed by atoms with Crippen LogP contribution in [-0.2, 0) is 11.2 Å². The van der Waals surface area contributed by atoms with Crippen molar-refractivity contribution in [2.75, 3.05) is 18.8 Å². The second-order valence-corrected chi connectivity index (χ2v) is 4.75. The number of likely N-dealkylation sites (N-methyl/N-ethyl adjacent to an activating group) is 1. The molecule has 6 heteroatoms. The number of thiazole rings is 1. The first-order valence-corrected chi connectivity index (χ1v) is 5.90. The van der Waals surface area contributed by atoms with E-state index >= 15 is 0 Å². The highest BCUT2D eigenvalue weighted by atomic mass is 35.5. The molecular weight excluding hydrogens is 234 g/mol. The Hall–Kier alpha value is -0.810. The maximum atomic E-state index is 11.1. The highest BCUT2D eigenvalue weighted by molar-refractivity contribution is 7.19. The van der Waals surface area contributed by atoms with E-state index in [2.05, 4.69) is 4.98 Å². The summed E-state index contributed by atoms with van der Waals surface area (Å²) in [6.45, 7) is 4.83. The molecule has 0 unspecified atom stereocenters. The largest absolute Gasteiger partial charge is 0.375 e. The van der Waals surface area contributed by atoms with Gasteiger partial charge in [0, 0.05) is 26.4 Å². The van der Waals surface area contributed by atoms with Gasteiger partial charge in [0.25, 0.3) is 0 Å². The summed E-state index contributed by atoms with van der Waals surface area (Å²) in [6, 6.07) is 0. The van der Waals surface area contributed by atoms with Gasteiger partial charge in [-0.3, -0.25) is 4.79 Å². The first-order valence-electron chi connectivity index (χ1n) is 4.70. The van der Waals surface area contributed by atoms with E-state index in [0.29, 0.717) is 29.0 Å². The molecule has 0 aliphatic carbocycles. The number of rotatable bonds is 4. The fraction of sp³-hybridized carbons (Fsp3) is 0.556. The van der Waals surface area contributed by atoms with E-state index in [1.165, 1.54) is 11.3 Å². The minimum atomic E-state index is 0.0665. The van der Waals surface area contributed by atoms with Gasteiger partial charge < -0.3 is 10.6 Å². The number of hydrogen-bond acceptors (Lipinski definition) is 4. The van der Waals surface area contributed by atoms with Crippen LogP contribution in [0.5, 0.6) is 0 Å². The number of aromatic nitrogens is 1. The molecule has 0 aliphatic heterocycles. The van der Waals surface area contributed by atoms with E-state index in [1.807, 2.05) is 6.92 Å². The number of nitrogens with two attached hydrogens (primary N) is 1. The summed E-state index contributed by atoms with van der Waals surface area (Å²) in [5.41, 5.74) is 6.30. The van der Waals surface area contributed by atoms with Crippen LogP contribution in [0, 0.1) is 0 Å². The quantitative estimate of drug-likeness (QED) is 0.883. The molecule has 0 spiro atoms. The number of carbonyl (C=O) groups excluding carboxylic acids is 1. The Morgan fingerprint density at radius 3 is 2.73 bits per heavy atom. The Morgan fingerprint density at radius 1 is 1.67 bits per heavy atom. The van der Waals surface area contributed by atoms with Crippen LogP contribution in [0.4, 0.5) is 5.13 Å². The fourth-order valence-corrected chi connectivity index (χ4v) is 2.26. The van der Waals surface area contributed by atoms with Crippen molar-refractivity contribution >= 4 is 34.0 Å². The first-order chi connectivity index (χ1) is 7.04. The van der Waals surface area contributed by atoms with Crippen LogP contribution in [0.25, 0.3) is 0 Å². The normalized spacial score (nSPS) is 10.3. The van der Waals surface area contributed by atoms with Gasteiger partial charge in [-0.05, 0) is 6.92 Å². The molecule has 1 aromatic rings. The average molecular weight is 248 g/mol. The molecule has 15 heavy (non-hydrogen) atoms. The van der Waals surface area contributed by atoms with Gasteiger partial charge in [-0.25, -0.2) is 4.98 Å². The molecule has 0 saturated carbocycles. The Balaban J connectivity index is 2.56. The second kappa shape index (κ2) is 5.32. The van der Waals surface area contributed by atoms with E-state index in [4.69, 9.17) is 17.3 Å². The number of halogens is 1. The molecule has 1 amide bonds. The summed E-state index contributed by atoms with van der Waals surface area (Å²) < 4.78 is 0.618. The Kier molecular flexibility index (Phi) is 4.35.